The molecule has 0 saturated carbocycles. The van der Waals surface area contributed by atoms with E-state index in [2.05, 4.69) is 25.2 Å². The molecule has 0 aliphatic heterocycles. The van der Waals surface area contributed by atoms with Crippen LogP contribution >= 0.6 is 0 Å². The highest BCUT2D eigenvalue weighted by Crippen LogP contribution is 2.19. The molecule has 2 heteroatoms. The number of hydrogen-bond donors (Lipinski definition) is 2. The highest BCUT2D eigenvalue weighted by molar-refractivity contribution is 5.05. The molecule has 94 valence electrons. The van der Waals surface area contributed by atoms with E-state index in [9.17, 15) is 5.11 Å². The molecular weight excluding hydrogens is 198 g/mol. The van der Waals surface area contributed by atoms with Crippen LogP contribution in [0.2, 0.25) is 0 Å². The van der Waals surface area contributed by atoms with E-state index in [4.69, 9.17) is 0 Å². The molecule has 0 aromatic rings. The van der Waals surface area contributed by atoms with Crippen molar-refractivity contribution < 1.29 is 5.11 Å². The predicted octanol–water partition coefficient (Wildman–Crippen LogP) is 2.87. The smallest absolute Gasteiger partial charge is 0.0766 e. The van der Waals surface area contributed by atoms with Gasteiger partial charge in [-0.3, -0.25) is 0 Å². The van der Waals surface area contributed by atoms with Gasteiger partial charge in [0.1, 0.15) is 0 Å². The number of nitrogens with one attached hydrogen (secondary N) is 1. The van der Waals surface area contributed by atoms with Gasteiger partial charge in [0, 0.05) is 6.54 Å². The molecule has 1 unspecified atom stereocenters. The van der Waals surface area contributed by atoms with Gasteiger partial charge in [0.25, 0.3) is 0 Å². The van der Waals surface area contributed by atoms with Crippen molar-refractivity contribution in [3.63, 3.8) is 0 Å². The van der Waals surface area contributed by atoms with Gasteiger partial charge in [0.05, 0.1) is 5.60 Å². The largest absolute Gasteiger partial charge is 0.389 e. The molecule has 0 fully saturated rings. The quantitative estimate of drug-likeness (QED) is 0.538. The molecule has 0 heterocycles. The second kappa shape index (κ2) is 6.41. The first-order chi connectivity index (χ1) is 7.52. The summed E-state index contributed by atoms with van der Waals surface area (Å²) in [5.74, 6) is 0.300. The normalized spacial score (nSPS) is 20.7. The number of aliphatic hydroxyl groups is 1. The molecule has 0 spiro atoms. The van der Waals surface area contributed by atoms with Gasteiger partial charge in [0.15, 0.2) is 0 Å². The molecule has 0 radical (unpaired) electrons. The van der Waals surface area contributed by atoms with E-state index in [1.165, 1.54) is 25.7 Å². The fourth-order valence-corrected chi connectivity index (χ4v) is 1.93. The Bertz CT molecular complexity index is 231. The van der Waals surface area contributed by atoms with E-state index in [0.29, 0.717) is 12.5 Å². The van der Waals surface area contributed by atoms with Crippen molar-refractivity contribution in [2.24, 2.45) is 5.92 Å². The van der Waals surface area contributed by atoms with Crippen LogP contribution in [-0.2, 0) is 0 Å². The van der Waals surface area contributed by atoms with Crippen LogP contribution in [0, 0.1) is 5.92 Å². The lowest BCUT2D eigenvalue weighted by atomic mass is 9.92. The van der Waals surface area contributed by atoms with Crippen molar-refractivity contribution in [1.29, 1.82) is 0 Å². The molecule has 0 bridgehead atoms. The number of rotatable bonds is 6. The lowest BCUT2D eigenvalue weighted by Crippen LogP contribution is -2.42. The van der Waals surface area contributed by atoms with E-state index in [-0.39, 0.29) is 0 Å². The van der Waals surface area contributed by atoms with E-state index in [0.717, 1.165) is 13.0 Å². The first-order valence-corrected chi connectivity index (χ1v) is 6.63. The van der Waals surface area contributed by atoms with Gasteiger partial charge in [-0.2, -0.15) is 0 Å². The Morgan fingerprint density at radius 2 is 2.19 bits per heavy atom. The molecule has 1 rings (SSSR count). The minimum Gasteiger partial charge on any atom is -0.389 e. The summed E-state index contributed by atoms with van der Waals surface area (Å²) >= 11 is 0. The molecule has 2 N–H and O–H groups in total. The third kappa shape index (κ3) is 4.67. The molecule has 0 amide bonds. The first-order valence-electron chi connectivity index (χ1n) is 6.63. The summed E-state index contributed by atoms with van der Waals surface area (Å²) in [6.45, 7) is 7.72. The second-order valence-corrected chi connectivity index (χ2v) is 5.55. The third-order valence-corrected chi connectivity index (χ3v) is 3.73. The standard InChI is InChI=1S/C14H27NO/c1-12(2)14(3,16)11-15-10-9-13-7-5-4-6-8-13/h7,12,15-16H,4-6,8-11H2,1-3H3. The summed E-state index contributed by atoms with van der Waals surface area (Å²) in [6.07, 6.45) is 8.80. The average molecular weight is 225 g/mol. The van der Waals surface area contributed by atoms with Crippen molar-refractivity contribution in [1.82, 2.24) is 5.32 Å². The zero-order chi connectivity index (χ0) is 12.0. The monoisotopic (exact) mass is 225 g/mol. The van der Waals surface area contributed by atoms with E-state index in [1.54, 1.807) is 5.57 Å². The van der Waals surface area contributed by atoms with Gasteiger partial charge < -0.3 is 10.4 Å². The minimum absolute atomic E-state index is 0.300. The van der Waals surface area contributed by atoms with Crippen molar-refractivity contribution >= 4 is 0 Å². The van der Waals surface area contributed by atoms with Crippen LogP contribution < -0.4 is 5.32 Å². The summed E-state index contributed by atoms with van der Waals surface area (Å²) in [5, 5.41) is 13.4. The van der Waals surface area contributed by atoms with Gasteiger partial charge in [-0.25, -0.2) is 0 Å². The SMILES string of the molecule is CC(C)C(C)(O)CNCCC1=CCCCC1. The Morgan fingerprint density at radius 3 is 2.75 bits per heavy atom. The molecule has 1 aliphatic carbocycles. The second-order valence-electron chi connectivity index (χ2n) is 5.55. The summed E-state index contributed by atoms with van der Waals surface area (Å²) in [6, 6.07) is 0. The van der Waals surface area contributed by atoms with Gasteiger partial charge in [-0.05, 0) is 51.5 Å². The Balaban J connectivity index is 2.14. The minimum atomic E-state index is -0.582. The predicted molar refractivity (Wildman–Crippen MR) is 69.5 cm³/mol. The van der Waals surface area contributed by atoms with Crippen LogP contribution in [-0.4, -0.2) is 23.8 Å². The summed E-state index contributed by atoms with van der Waals surface area (Å²) in [5.41, 5.74) is 1.02. The topological polar surface area (TPSA) is 32.3 Å². The summed E-state index contributed by atoms with van der Waals surface area (Å²) in [7, 11) is 0. The van der Waals surface area contributed by atoms with Gasteiger partial charge >= 0.3 is 0 Å². The highest BCUT2D eigenvalue weighted by Gasteiger charge is 2.23. The Morgan fingerprint density at radius 1 is 1.44 bits per heavy atom. The fraction of sp³-hybridized carbons (Fsp3) is 0.857. The molecule has 0 aromatic heterocycles. The van der Waals surface area contributed by atoms with Crippen molar-refractivity contribution in [3.05, 3.63) is 11.6 Å². The Hall–Kier alpha value is -0.340. The van der Waals surface area contributed by atoms with Crippen molar-refractivity contribution in [3.8, 4) is 0 Å². The molecule has 16 heavy (non-hydrogen) atoms. The molecule has 1 atom stereocenters. The van der Waals surface area contributed by atoms with Gasteiger partial charge in [-0.15, -0.1) is 0 Å². The zero-order valence-electron chi connectivity index (χ0n) is 11.1. The summed E-state index contributed by atoms with van der Waals surface area (Å²) < 4.78 is 0. The number of allylic oxidation sites excluding steroid dienone is 1. The molecule has 1 aliphatic rings. The fourth-order valence-electron chi connectivity index (χ4n) is 1.93. The lowest BCUT2D eigenvalue weighted by Gasteiger charge is -2.28. The maximum absolute atomic E-state index is 10.1. The first kappa shape index (κ1) is 13.7. The van der Waals surface area contributed by atoms with Crippen LogP contribution in [0.15, 0.2) is 11.6 Å². The Labute approximate surface area is 100 Å². The average Bonchev–Trinajstić information content (AvgIpc) is 2.26. The summed E-state index contributed by atoms with van der Waals surface area (Å²) in [4.78, 5) is 0. The van der Waals surface area contributed by atoms with E-state index < -0.39 is 5.60 Å². The van der Waals surface area contributed by atoms with Crippen LogP contribution in [0.25, 0.3) is 0 Å². The Kier molecular flexibility index (Phi) is 5.50. The lowest BCUT2D eigenvalue weighted by molar-refractivity contribution is 0.0145. The van der Waals surface area contributed by atoms with Crippen LogP contribution in [0.4, 0.5) is 0 Å². The highest BCUT2D eigenvalue weighted by atomic mass is 16.3. The number of hydrogen-bond acceptors (Lipinski definition) is 2. The molecular formula is C14H27NO. The zero-order valence-corrected chi connectivity index (χ0v) is 11.1. The van der Waals surface area contributed by atoms with Crippen molar-refractivity contribution in [2.45, 2.75) is 58.5 Å². The molecule has 2 nitrogen and oxygen atoms in total. The van der Waals surface area contributed by atoms with Gasteiger partial charge in [0.2, 0.25) is 0 Å². The van der Waals surface area contributed by atoms with Crippen molar-refractivity contribution in [2.75, 3.05) is 13.1 Å². The van der Waals surface area contributed by atoms with Crippen LogP contribution in [0.1, 0.15) is 52.9 Å². The molecule has 0 saturated heterocycles. The van der Waals surface area contributed by atoms with Crippen LogP contribution in [0.5, 0.6) is 0 Å². The van der Waals surface area contributed by atoms with E-state index in [1.807, 2.05) is 6.92 Å². The van der Waals surface area contributed by atoms with Gasteiger partial charge in [-0.1, -0.05) is 25.5 Å². The molecule has 0 aromatic carbocycles. The maximum atomic E-state index is 10.1. The van der Waals surface area contributed by atoms with Crippen LogP contribution in [0.3, 0.4) is 0 Å². The third-order valence-electron chi connectivity index (χ3n) is 3.73. The maximum Gasteiger partial charge on any atom is 0.0766 e. The van der Waals surface area contributed by atoms with E-state index >= 15 is 0 Å².